The molecule has 0 spiro atoms. The maximum absolute atomic E-state index is 12.8. The second kappa shape index (κ2) is 6.66. The number of amides is 2. The third-order valence-corrected chi connectivity index (χ3v) is 6.32. The fourth-order valence-corrected chi connectivity index (χ4v) is 4.64. The third-order valence-electron chi connectivity index (χ3n) is 6.32. The van der Waals surface area contributed by atoms with Gasteiger partial charge in [-0.1, -0.05) is 6.92 Å². The van der Waals surface area contributed by atoms with Crippen molar-refractivity contribution in [1.82, 2.24) is 0 Å². The number of carbonyl (C=O) groups is 2. The van der Waals surface area contributed by atoms with E-state index in [1.54, 1.807) is 0 Å². The molecule has 3 aliphatic rings. The Labute approximate surface area is 165 Å². The molecule has 2 aromatic carbocycles. The fraction of sp³-hybridized carbons (Fsp3) is 0.391. The van der Waals surface area contributed by atoms with Gasteiger partial charge in [-0.25, -0.2) is 0 Å². The Morgan fingerprint density at radius 3 is 2.50 bits per heavy atom. The molecule has 5 rings (SSSR count). The van der Waals surface area contributed by atoms with E-state index in [2.05, 4.69) is 29.3 Å². The molecular formula is C23H25N3O2. The smallest absolute Gasteiger partial charge is 0.255 e. The lowest BCUT2D eigenvalue weighted by atomic mass is 9.99. The van der Waals surface area contributed by atoms with E-state index in [0.29, 0.717) is 12.0 Å². The van der Waals surface area contributed by atoms with Crippen LogP contribution in [0.25, 0.3) is 0 Å². The van der Waals surface area contributed by atoms with Crippen LogP contribution in [-0.2, 0) is 17.6 Å². The number of benzene rings is 2. The van der Waals surface area contributed by atoms with E-state index in [1.165, 1.54) is 18.5 Å². The normalized spacial score (nSPS) is 18.5. The van der Waals surface area contributed by atoms with Crippen LogP contribution >= 0.6 is 0 Å². The van der Waals surface area contributed by atoms with Gasteiger partial charge in [0.2, 0.25) is 5.91 Å². The Kier molecular flexibility index (Phi) is 4.11. The highest BCUT2D eigenvalue weighted by atomic mass is 16.2. The van der Waals surface area contributed by atoms with E-state index >= 15 is 0 Å². The molecule has 0 aromatic heterocycles. The van der Waals surface area contributed by atoms with Crippen LogP contribution in [0.1, 0.15) is 41.3 Å². The van der Waals surface area contributed by atoms with E-state index in [0.717, 1.165) is 54.5 Å². The maximum atomic E-state index is 12.8. The topological polar surface area (TPSA) is 52.7 Å². The molecule has 3 heterocycles. The van der Waals surface area contributed by atoms with Crippen molar-refractivity contribution in [2.75, 3.05) is 34.8 Å². The zero-order chi connectivity index (χ0) is 19.3. The van der Waals surface area contributed by atoms with E-state index < -0.39 is 0 Å². The Morgan fingerprint density at radius 1 is 1.04 bits per heavy atom. The summed E-state index contributed by atoms with van der Waals surface area (Å²) in [6.07, 6.45) is 3.71. The molecule has 144 valence electrons. The summed E-state index contributed by atoms with van der Waals surface area (Å²) in [4.78, 5) is 29.1. The van der Waals surface area contributed by atoms with Gasteiger partial charge in [0.05, 0.1) is 12.1 Å². The van der Waals surface area contributed by atoms with Gasteiger partial charge in [-0.2, -0.15) is 0 Å². The van der Waals surface area contributed by atoms with Crippen LogP contribution in [-0.4, -0.2) is 31.4 Å². The van der Waals surface area contributed by atoms with Crippen molar-refractivity contribution in [2.45, 2.75) is 32.6 Å². The standard InChI is InChI=1S/C23H25N3O2/c1-15-6-9-25(10-7-15)20-4-2-19(3-5-20)24-23(28)18-12-16-8-11-26-21(27)14-17(13-18)22(16)26/h2-5,12-13,15H,6-11,14H2,1H3,(H,24,28). The minimum atomic E-state index is -0.114. The van der Waals surface area contributed by atoms with Gasteiger partial charge in [-0.3, -0.25) is 9.59 Å². The highest BCUT2D eigenvalue weighted by Crippen LogP contribution is 2.38. The molecular weight excluding hydrogens is 350 g/mol. The quantitative estimate of drug-likeness (QED) is 0.891. The number of hydrogen-bond donors (Lipinski definition) is 1. The summed E-state index contributed by atoms with van der Waals surface area (Å²) in [6, 6.07) is 11.9. The van der Waals surface area contributed by atoms with Crippen molar-refractivity contribution in [2.24, 2.45) is 5.92 Å². The van der Waals surface area contributed by atoms with Crippen molar-refractivity contribution < 1.29 is 9.59 Å². The highest BCUT2D eigenvalue weighted by Gasteiger charge is 2.34. The Hall–Kier alpha value is -2.82. The number of carbonyl (C=O) groups excluding carboxylic acids is 2. The lowest BCUT2D eigenvalue weighted by molar-refractivity contribution is -0.117. The molecule has 1 fully saturated rings. The van der Waals surface area contributed by atoms with Crippen LogP contribution in [0, 0.1) is 5.92 Å². The number of rotatable bonds is 3. The van der Waals surface area contributed by atoms with Gasteiger partial charge in [0, 0.05) is 36.6 Å². The first-order chi connectivity index (χ1) is 13.6. The zero-order valence-electron chi connectivity index (χ0n) is 16.2. The fourth-order valence-electron chi connectivity index (χ4n) is 4.64. The summed E-state index contributed by atoms with van der Waals surface area (Å²) in [7, 11) is 0. The highest BCUT2D eigenvalue weighted by molar-refractivity contribution is 6.08. The first-order valence-corrected chi connectivity index (χ1v) is 10.2. The molecule has 2 amide bonds. The summed E-state index contributed by atoms with van der Waals surface area (Å²) in [6.45, 7) is 5.25. The molecule has 0 atom stereocenters. The zero-order valence-corrected chi connectivity index (χ0v) is 16.2. The average Bonchev–Trinajstić information content (AvgIpc) is 3.27. The lowest BCUT2D eigenvalue weighted by Crippen LogP contribution is -2.32. The Morgan fingerprint density at radius 2 is 1.75 bits per heavy atom. The van der Waals surface area contributed by atoms with Crippen molar-refractivity contribution in [3.8, 4) is 0 Å². The predicted octanol–water partition coefficient (Wildman–Crippen LogP) is 3.62. The molecule has 1 N–H and O–H groups in total. The minimum absolute atomic E-state index is 0.114. The number of anilines is 3. The number of nitrogens with one attached hydrogen (secondary N) is 1. The summed E-state index contributed by atoms with van der Waals surface area (Å²) in [5.74, 6) is 0.843. The van der Waals surface area contributed by atoms with E-state index in [9.17, 15) is 9.59 Å². The molecule has 0 unspecified atom stereocenters. The average molecular weight is 375 g/mol. The van der Waals surface area contributed by atoms with E-state index in [1.807, 2.05) is 29.2 Å². The molecule has 5 nitrogen and oxygen atoms in total. The van der Waals surface area contributed by atoms with E-state index in [-0.39, 0.29) is 11.8 Å². The molecule has 2 aromatic rings. The second-order valence-electron chi connectivity index (χ2n) is 8.29. The van der Waals surface area contributed by atoms with E-state index in [4.69, 9.17) is 0 Å². The summed E-state index contributed by atoms with van der Waals surface area (Å²) in [5.41, 5.74) is 5.80. The van der Waals surface area contributed by atoms with Gasteiger partial charge < -0.3 is 15.1 Å². The molecule has 5 heteroatoms. The first-order valence-electron chi connectivity index (χ1n) is 10.2. The maximum Gasteiger partial charge on any atom is 0.255 e. The first kappa shape index (κ1) is 17.3. The van der Waals surface area contributed by atoms with Crippen LogP contribution in [0.2, 0.25) is 0 Å². The van der Waals surface area contributed by atoms with Crippen molar-refractivity contribution in [1.29, 1.82) is 0 Å². The van der Waals surface area contributed by atoms with Crippen LogP contribution < -0.4 is 15.1 Å². The van der Waals surface area contributed by atoms with Gasteiger partial charge in [0.1, 0.15) is 0 Å². The molecule has 0 saturated carbocycles. The van der Waals surface area contributed by atoms with Gasteiger partial charge >= 0.3 is 0 Å². The van der Waals surface area contributed by atoms with Crippen LogP contribution in [0.3, 0.4) is 0 Å². The third kappa shape index (κ3) is 2.95. The van der Waals surface area contributed by atoms with Gasteiger partial charge in [0.15, 0.2) is 0 Å². The predicted molar refractivity (Wildman–Crippen MR) is 111 cm³/mol. The number of nitrogens with zero attached hydrogens (tertiary/aromatic N) is 2. The van der Waals surface area contributed by atoms with Crippen LogP contribution in [0.4, 0.5) is 17.1 Å². The van der Waals surface area contributed by atoms with Gasteiger partial charge in [-0.15, -0.1) is 0 Å². The van der Waals surface area contributed by atoms with Crippen molar-refractivity contribution >= 4 is 28.9 Å². The Bertz CT molecular complexity index is 943. The van der Waals surface area contributed by atoms with Crippen LogP contribution in [0.15, 0.2) is 36.4 Å². The molecule has 28 heavy (non-hydrogen) atoms. The molecule has 0 bridgehead atoms. The number of hydrogen-bond acceptors (Lipinski definition) is 3. The van der Waals surface area contributed by atoms with Crippen molar-refractivity contribution in [3.63, 3.8) is 0 Å². The number of piperidine rings is 1. The summed E-state index contributed by atoms with van der Waals surface area (Å²) < 4.78 is 0. The lowest BCUT2D eigenvalue weighted by Gasteiger charge is -2.32. The van der Waals surface area contributed by atoms with Gasteiger partial charge in [0.25, 0.3) is 5.91 Å². The minimum Gasteiger partial charge on any atom is -0.372 e. The molecule has 0 aliphatic carbocycles. The molecule has 0 radical (unpaired) electrons. The largest absolute Gasteiger partial charge is 0.372 e. The Balaban J connectivity index is 1.30. The molecule has 1 saturated heterocycles. The summed E-state index contributed by atoms with van der Waals surface area (Å²) in [5, 5.41) is 3.01. The monoisotopic (exact) mass is 375 g/mol. The molecule has 3 aliphatic heterocycles. The van der Waals surface area contributed by atoms with Gasteiger partial charge in [-0.05, 0) is 72.7 Å². The van der Waals surface area contributed by atoms with Crippen molar-refractivity contribution in [3.05, 3.63) is 53.1 Å². The second-order valence-corrected chi connectivity index (χ2v) is 8.29. The van der Waals surface area contributed by atoms with Crippen LogP contribution in [0.5, 0.6) is 0 Å². The SMILES string of the molecule is CC1CCN(c2ccc(NC(=O)c3cc4c5c(c3)CC(=O)N5CC4)cc2)CC1. The summed E-state index contributed by atoms with van der Waals surface area (Å²) >= 11 is 0.